The van der Waals surface area contributed by atoms with E-state index in [1.165, 1.54) is 18.9 Å². The number of carbonyl (C=O) groups is 1. The zero-order chi connectivity index (χ0) is 23.2. The van der Waals surface area contributed by atoms with Crippen LogP contribution >= 0.6 is 11.6 Å². The zero-order valence-corrected chi connectivity index (χ0v) is 20.6. The molecule has 0 N–H and O–H groups in total. The first kappa shape index (κ1) is 21.5. The smallest absolute Gasteiger partial charge is 0.302 e. The second-order valence-corrected chi connectivity index (χ2v) is 12.0. The molecule has 0 unspecified atom stereocenters. The summed E-state index contributed by atoms with van der Waals surface area (Å²) in [5.74, 6) is 1.70. The molecule has 0 amide bonds. The summed E-state index contributed by atoms with van der Waals surface area (Å²) in [5, 5.41) is 11.3. The number of anilines is 1. The number of nitrogens with zero attached hydrogens (tertiary/aromatic N) is 2. The highest BCUT2D eigenvalue weighted by molar-refractivity contribution is 6.33. The standard InChI is InChI=1S/C28H33ClN2O2/c1-17(32)33-19-10-12-26(2)18(14-19)8-9-20-21(26)11-13-27(3)22(20)15-25-28(27,16-30)31(25)24-7-5-4-6-23(24)29/h4-8,19-22,25H,9-15H2,1-3H3/t19-,20+,21-,22-,25+,26-,27-,28+,31?/m0/s1. The molecule has 1 aromatic carbocycles. The van der Waals surface area contributed by atoms with Gasteiger partial charge < -0.3 is 9.64 Å². The van der Waals surface area contributed by atoms with E-state index in [-0.39, 0.29) is 28.9 Å². The summed E-state index contributed by atoms with van der Waals surface area (Å²) in [4.78, 5) is 13.8. The summed E-state index contributed by atoms with van der Waals surface area (Å²) in [5.41, 5.74) is 2.31. The lowest BCUT2D eigenvalue weighted by Crippen LogP contribution is -2.54. The molecular weight excluding hydrogens is 432 g/mol. The molecule has 1 aromatic rings. The molecule has 0 aromatic heterocycles. The fourth-order valence-corrected chi connectivity index (χ4v) is 9.20. The third kappa shape index (κ3) is 2.66. The summed E-state index contributed by atoms with van der Waals surface area (Å²) in [6.07, 6.45) is 9.94. The maximum Gasteiger partial charge on any atom is 0.302 e. The minimum absolute atomic E-state index is 0.0105. The number of hydrogen-bond acceptors (Lipinski definition) is 4. The van der Waals surface area contributed by atoms with Crippen LogP contribution in [-0.4, -0.2) is 23.7 Å². The third-order valence-electron chi connectivity index (χ3n) is 10.5. The summed E-state index contributed by atoms with van der Waals surface area (Å²) in [6.45, 7) is 6.38. The summed E-state index contributed by atoms with van der Waals surface area (Å²) >= 11 is 6.57. The van der Waals surface area contributed by atoms with Crippen molar-refractivity contribution >= 4 is 23.3 Å². The maximum atomic E-state index is 11.5. The molecule has 0 spiro atoms. The molecule has 5 heteroatoms. The van der Waals surface area contributed by atoms with Crippen molar-refractivity contribution in [1.29, 1.82) is 5.26 Å². The van der Waals surface area contributed by atoms with Crippen LogP contribution in [-0.2, 0) is 9.53 Å². The van der Waals surface area contributed by atoms with Crippen LogP contribution in [0.2, 0.25) is 5.02 Å². The molecule has 8 atom stereocenters. The van der Waals surface area contributed by atoms with Gasteiger partial charge in [0.2, 0.25) is 0 Å². The number of hydrogen-bond donors (Lipinski definition) is 0. The SMILES string of the molecule is CC(=O)O[C@H]1CC[C@@]2(C)C(=CC[C@@H]3[C@@H]2CC[C@@]2(C)[C@H]3C[C@H]3N(c4ccccc4Cl)[C@]32C#N)C1. The van der Waals surface area contributed by atoms with Crippen LogP contribution in [0.25, 0.3) is 0 Å². The Morgan fingerprint density at radius 2 is 2.00 bits per heavy atom. The Morgan fingerprint density at radius 3 is 2.73 bits per heavy atom. The molecule has 1 aliphatic heterocycles. The van der Waals surface area contributed by atoms with Crippen LogP contribution in [0.5, 0.6) is 0 Å². The van der Waals surface area contributed by atoms with E-state index >= 15 is 0 Å². The fourth-order valence-electron chi connectivity index (χ4n) is 8.97. The first-order valence-corrected chi connectivity index (χ1v) is 13.0. The summed E-state index contributed by atoms with van der Waals surface area (Å²) < 4.78 is 5.59. The van der Waals surface area contributed by atoms with E-state index in [2.05, 4.69) is 37.0 Å². The Hall–Kier alpha value is -1.99. The lowest BCUT2D eigenvalue weighted by molar-refractivity contribution is -0.148. The molecular formula is C28H33ClN2O2. The van der Waals surface area contributed by atoms with Crippen LogP contribution in [0.15, 0.2) is 35.9 Å². The number of allylic oxidation sites excluding steroid dienone is 1. The van der Waals surface area contributed by atoms with Crippen molar-refractivity contribution in [3.63, 3.8) is 0 Å². The highest BCUT2D eigenvalue weighted by Crippen LogP contribution is 2.74. The van der Waals surface area contributed by atoms with Gasteiger partial charge in [-0.1, -0.05) is 49.2 Å². The number of para-hydroxylation sites is 1. The van der Waals surface area contributed by atoms with Gasteiger partial charge in [0, 0.05) is 18.8 Å². The lowest BCUT2D eigenvalue weighted by atomic mass is 9.47. The molecule has 0 bridgehead atoms. The monoisotopic (exact) mass is 464 g/mol. The number of rotatable bonds is 2. The zero-order valence-electron chi connectivity index (χ0n) is 19.8. The van der Waals surface area contributed by atoms with E-state index in [0.29, 0.717) is 17.8 Å². The number of nitriles is 1. The third-order valence-corrected chi connectivity index (χ3v) is 10.8. The Morgan fingerprint density at radius 1 is 1.21 bits per heavy atom. The van der Waals surface area contributed by atoms with Crippen molar-refractivity contribution in [1.82, 2.24) is 0 Å². The van der Waals surface area contributed by atoms with Crippen molar-refractivity contribution < 1.29 is 9.53 Å². The topological polar surface area (TPSA) is 53.1 Å². The van der Waals surface area contributed by atoms with Gasteiger partial charge in [-0.05, 0) is 73.8 Å². The molecule has 0 radical (unpaired) electrons. The quantitative estimate of drug-likeness (QED) is 0.293. The minimum Gasteiger partial charge on any atom is -0.462 e. The van der Waals surface area contributed by atoms with Gasteiger partial charge in [-0.3, -0.25) is 4.79 Å². The first-order valence-electron chi connectivity index (χ1n) is 12.6. The number of esters is 1. The van der Waals surface area contributed by atoms with E-state index in [4.69, 9.17) is 16.3 Å². The fraction of sp³-hybridized carbons (Fsp3) is 0.643. The molecule has 4 nitrogen and oxygen atoms in total. The van der Waals surface area contributed by atoms with Crippen molar-refractivity contribution in [3.05, 3.63) is 40.9 Å². The van der Waals surface area contributed by atoms with Crippen LogP contribution in [0.1, 0.15) is 65.7 Å². The van der Waals surface area contributed by atoms with Crippen molar-refractivity contribution in [2.75, 3.05) is 4.90 Å². The van der Waals surface area contributed by atoms with E-state index < -0.39 is 5.54 Å². The first-order chi connectivity index (χ1) is 15.8. The van der Waals surface area contributed by atoms with Crippen LogP contribution in [0.4, 0.5) is 5.69 Å². The normalized spacial score (nSPS) is 45.0. The van der Waals surface area contributed by atoms with E-state index in [9.17, 15) is 10.1 Å². The molecule has 1 heterocycles. The number of piperidine rings is 1. The average molecular weight is 465 g/mol. The molecule has 6 rings (SSSR count). The van der Waals surface area contributed by atoms with E-state index in [1.54, 1.807) is 0 Å². The van der Waals surface area contributed by atoms with E-state index in [0.717, 1.165) is 49.2 Å². The second kappa shape index (κ2) is 7.01. The van der Waals surface area contributed by atoms with Crippen molar-refractivity contribution in [3.8, 4) is 6.07 Å². The Balaban J connectivity index is 1.30. The molecule has 1 saturated heterocycles. The summed E-state index contributed by atoms with van der Waals surface area (Å²) in [6, 6.07) is 11.1. The Kier molecular flexibility index (Phi) is 4.58. The number of fused-ring (bicyclic) bond motifs is 7. The number of ether oxygens (including phenoxy) is 1. The highest BCUT2D eigenvalue weighted by Gasteiger charge is 2.81. The molecule has 4 fully saturated rings. The maximum absolute atomic E-state index is 11.5. The van der Waals surface area contributed by atoms with Gasteiger partial charge in [-0.15, -0.1) is 0 Å². The van der Waals surface area contributed by atoms with Crippen LogP contribution in [0.3, 0.4) is 0 Å². The molecule has 5 aliphatic rings. The van der Waals surface area contributed by atoms with Gasteiger partial charge >= 0.3 is 5.97 Å². The molecule has 174 valence electrons. The minimum atomic E-state index is -0.425. The predicted molar refractivity (Wildman–Crippen MR) is 129 cm³/mol. The van der Waals surface area contributed by atoms with Crippen molar-refractivity contribution in [2.45, 2.75) is 83.4 Å². The number of benzene rings is 1. The van der Waals surface area contributed by atoms with Gasteiger partial charge in [0.1, 0.15) is 6.10 Å². The van der Waals surface area contributed by atoms with Crippen LogP contribution in [0, 0.1) is 39.9 Å². The number of carbonyl (C=O) groups excluding carboxylic acids is 1. The van der Waals surface area contributed by atoms with Crippen LogP contribution < -0.4 is 4.90 Å². The van der Waals surface area contributed by atoms with Gasteiger partial charge in [-0.2, -0.15) is 5.26 Å². The van der Waals surface area contributed by atoms with Gasteiger partial charge in [-0.25, -0.2) is 0 Å². The number of halogens is 1. The molecule has 3 saturated carbocycles. The lowest BCUT2D eigenvalue weighted by Gasteiger charge is -2.58. The Labute approximate surface area is 201 Å². The molecule has 33 heavy (non-hydrogen) atoms. The predicted octanol–water partition coefficient (Wildman–Crippen LogP) is 6.30. The highest BCUT2D eigenvalue weighted by atomic mass is 35.5. The van der Waals surface area contributed by atoms with E-state index in [1.807, 2.05) is 18.2 Å². The van der Waals surface area contributed by atoms with Gasteiger partial charge in [0.05, 0.1) is 22.8 Å². The Bertz CT molecular complexity index is 1090. The van der Waals surface area contributed by atoms with Gasteiger partial charge in [0.15, 0.2) is 5.54 Å². The van der Waals surface area contributed by atoms with Crippen molar-refractivity contribution in [2.24, 2.45) is 28.6 Å². The summed E-state index contributed by atoms with van der Waals surface area (Å²) in [7, 11) is 0. The molecule has 4 aliphatic carbocycles. The average Bonchev–Trinajstić information content (AvgIpc) is 3.35. The van der Waals surface area contributed by atoms with Gasteiger partial charge in [0.25, 0.3) is 0 Å². The second-order valence-electron chi connectivity index (χ2n) is 11.6. The largest absolute Gasteiger partial charge is 0.462 e.